The lowest BCUT2D eigenvalue weighted by Crippen LogP contribution is -2.78. The Bertz CT molecular complexity index is 1460. The number of hydrogen-bond acceptors (Lipinski definition) is 11. The van der Waals surface area contributed by atoms with Crippen LogP contribution in [0.25, 0.3) is 0 Å². The number of hydrogen-bond donors (Lipinski definition) is 6. The van der Waals surface area contributed by atoms with Crippen molar-refractivity contribution in [2.24, 2.45) is 4.99 Å². The van der Waals surface area contributed by atoms with Gasteiger partial charge in [-0.3, -0.25) is 24.6 Å². The van der Waals surface area contributed by atoms with Crippen molar-refractivity contribution in [1.82, 2.24) is 31.1 Å². The molecule has 4 atom stereocenters. The average Bonchev–Trinajstić information content (AvgIpc) is 3.53. The van der Waals surface area contributed by atoms with Crippen LogP contribution in [0.15, 0.2) is 41.7 Å². The molecule has 5 rings (SSSR count). The second-order valence-corrected chi connectivity index (χ2v) is 14.9. The number of carbonyl (C=O) groups is 4. The zero-order valence-electron chi connectivity index (χ0n) is 24.7. The fourth-order valence-corrected chi connectivity index (χ4v) is 6.25. The largest absolute Gasteiger partial charge is 0.445 e. The van der Waals surface area contributed by atoms with Gasteiger partial charge in [-0.2, -0.15) is 0 Å². The maximum atomic E-state index is 13.5. The van der Waals surface area contributed by atoms with E-state index in [1.54, 1.807) is 18.2 Å². The Morgan fingerprint density at radius 2 is 1.84 bits per heavy atom. The van der Waals surface area contributed by atoms with Crippen molar-refractivity contribution in [1.29, 1.82) is 0 Å². The number of carbonyl (C=O) groups excluding carboxylic acids is 4. The Morgan fingerprint density at radius 1 is 1.18 bits per heavy atom. The molecule has 0 aliphatic carbocycles. The average molecular weight is 687 g/mol. The first-order valence-electron chi connectivity index (χ1n) is 14.1. The van der Waals surface area contributed by atoms with E-state index in [-0.39, 0.29) is 43.1 Å². The van der Waals surface area contributed by atoms with Crippen LogP contribution in [0, 0.1) is 0 Å². The first kappa shape index (κ1) is 33.1. The van der Waals surface area contributed by atoms with Gasteiger partial charge in [0.15, 0.2) is 5.66 Å². The van der Waals surface area contributed by atoms with Gasteiger partial charge < -0.3 is 35.8 Å². The van der Waals surface area contributed by atoms with Crippen LogP contribution in [0.2, 0.25) is 0 Å². The zero-order valence-corrected chi connectivity index (χ0v) is 27.0. The van der Waals surface area contributed by atoms with E-state index in [0.29, 0.717) is 5.56 Å². The molecule has 3 fully saturated rings. The number of nitrogens with one attached hydrogen (secondary N) is 4. The third-order valence-corrected chi connectivity index (χ3v) is 8.62. The molecule has 4 heterocycles. The number of amides is 4. The summed E-state index contributed by atoms with van der Waals surface area (Å²) in [6.45, 7) is 8.77. The highest BCUT2D eigenvalue weighted by Crippen LogP contribution is 2.45. The van der Waals surface area contributed by atoms with Crippen LogP contribution in [0.4, 0.5) is 4.79 Å². The highest BCUT2D eigenvalue weighted by molar-refractivity contribution is 6.67. The molecule has 0 bridgehead atoms. The number of benzene rings is 1. The number of guanidine groups is 1. The fraction of sp³-hybridized carbons (Fsp3) is 0.536. The van der Waals surface area contributed by atoms with E-state index in [4.69, 9.17) is 39.5 Å². The first-order chi connectivity index (χ1) is 20.8. The first-order valence-corrected chi connectivity index (χ1v) is 15.3. The van der Waals surface area contributed by atoms with Crippen molar-refractivity contribution in [2.75, 3.05) is 19.7 Å². The molecule has 244 valence electrons. The van der Waals surface area contributed by atoms with E-state index in [9.17, 15) is 29.4 Å². The van der Waals surface area contributed by atoms with Crippen molar-refractivity contribution in [3.63, 3.8) is 0 Å². The molecular weight excluding hydrogens is 653 g/mol. The van der Waals surface area contributed by atoms with Gasteiger partial charge in [-0.25, -0.2) is 9.79 Å². The number of aliphatic imine (C=N–C) groups is 1. The van der Waals surface area contributed by atoms with Crippen molar-refractivity contribution < 1.29 is 34.1 Å². The van der Waals surface area contributed by atoms with Gasteiger partial charge in [0, 0.05) is 24.9 Å². The minimum atomic E-state index is -2.75. The fourth-order valence-electron chi connectivity index (χ4n) is 6.09. The molecule has 17 heteroatoms. The van der Waals surface area contributed by atoms with E-state index in [1.807, 2.05) is 26.8 Å². The summed E-state index contributed by atoms with van der Waals surface area (Å²) in [7, 11) is 0. The van der Waals surface area contributed by atoms with E-state index in [2.05, 4.69) is 32.8 Å². The monoisotopic (exact) mass is 685 g/mol. The van der Waals surface area contributed by atoms with Crippen LogP contribution in [-0.4, -0.2) is 103 Å². The smallest absolute Gasteiger partial charge is 0.414 e. The van der Waals surface area contributed by atoms with Gasteiger partial charge in [0.2, 0.25) is 27.4 Å². The molecule has 1 aromatic rings. The standard InChI is InChI=1S/C28H34Cl3N7O7/c1-14-32-21-17(11-37-19(39)8-9-20(37)40)33-23(35-24(42)45-13-26(29,30)31)38-12-18(28(43,44)27(21,38)36-14)34-22(41)15-6-5-7-16(10-15)25(2,3)4/h5-7,10,17-18,21,32,36,43-44H,1,8-9,11-13H2,2-4H3,(H,34,41)(H,33,35,42)/t17-,18-,21-,27-/m0/s1. The number of alkyl carbamates (subject to hydrolysis) is 1. The molecule has 4 aliphatic rings. The normalized spacial score (nSPS) is 27.3. The Balaban J connectivity index is 1.50. The maximum Gasteiger partial charge on any atom is 0.414 e. The second-order valence-electron chi connectivity index (χ2n) is 12.4. The molecule has 3 saturated heterocycles. The molecule has 6 N–H and O–H groups in total. The summed E-state index contributed by atoms with van der Waals surface area (Å²) in [5, 5.41) is 35.0. The van der Waals surface area contributed by atoms with Crippen LogP contribution in [0.5, 0.6) is 0 Å². The van der Waals surface area contributed by atoms with Crippen LogP contribution in [-0.2, 0) is 19.7 Å². The number of imide groups is 1. The van der Waals surface area contributed by atoms with Gasteiger partial charge in [0.05, 0.1) is 24.4 Å². The lowest BCUT2D eigenvalue weighted by Gasteiger charge is -2.49. The minimum absolute atomic E-state index is 0.0263. The summed E-state index contributed by atoms with van der Waals surface area (Å²) in [5.74, 6) is -4.20. The third-order valence-electron chi connectivity index (χ3n) is 8.29. The minimum Gasteiger partial charge on any atom is -0.445 e. The predicted octanol–water partition coefficient (Wildman–Crippen LogP) is 0.792. The highest BCUT2D eigenvalue weighted by Gasteiger charge is 2.74. The summed E-state index contributed by atoms with van der Waals surface area (Å²) in [4.78, 5) is 58.3. The quantitative estimate of drug-likeness (QED) is 0.147. The number of likely N-dealkylation sites (tertiary alicyclic amines) is 1. The lowest BCUT2D eigenvalue weighted by molar-refractivity contribution is -0.231. The van der Waals surface area contributed by atoms with Gasteiger partial charge in [0.25, 0.3) is 5.91 Å². The van der Waals surface area contributed by atoms with E-state index in [1.165, 1.54) is 4.90 Å². The van der Waals surface area contributed by atoms with Crippen molar-refractivity contribution in [3.05, 3.63) is 47.8 Å². The Labute approximate surface area is 274 Å². The molecule has 4 aliphatic heterocycles. The Kier molecular flexibility index (Phi) is 8.45. The van der Waals surface area contributed by atoms with E-state index >= 15 is 0 Å². The van der Waals surface area contributed by atoms with Gasteiger partial charge in [-0.05, 0) is 23.1 Å². The molecule has 14 nitrogen and oxygen atoms in total. The molecule has 1 aromatic carbocycles. The van der Waals surface area contributed by atoms with Crippen molar-refractivity contribution >= 4 is 64.6 Å². The lowest BCUT2D eigenvalue weighted by atomic mass is 9.84. The number of rotatable bonds is 5. The molecule has 0 unspecified atom stereocenters. The number of ether oxygens (including phenoxy) is 1. The van der Waals surface area contributed by atoms with Crippen molar-refractivity contribution in [2.45, 2.75) is 72.4 Å². The zero-order chi connectivity index (χ0) is 33.1. The Hall–Kier alpha value is -3.30. The summed E-state index contributed by atoms with van der Waals surface area (Å²) in [5.41, 5.74) is -0.963. The molecule has 0 saturated carbocycles. The summed E-state index contributed by atoms with van der Waals surface area (Å²) in [6, 6.07) is 3.56. The topological polar surface area (TPSA) is 185 Å². The number of halogens is 3. The molecule has 45 heavy (non-hydrogen) atoms. The van der Waals surface area contributed by atoms with Crippen LogP contribution in [0.1, 0.15) is 49.5 Å². The van der Waals surface area contributed by atoms with Gasteiger partial charge >= 0.3 is 6.09 Å². The number of nitrogens with zero attached hydrogens (tertiary/aromatic N) is 3. The summed E-state index contributed by atoms with van der Waals surface area (Å²) >= 11 is 17.1. The number of alkyl halides is 3. The van der Waals surface area contributed by atoms with Gasteiger partial charge in [0.1, 0.15) is 12.6 Å². The van der Waals surface area contributed by atoms with E-state index < -0.39 is 63.8 Å². The number of aliphatic hydroxyl groups is 2. The van der Waals surface area contributed by atoms with Crippen LogP contribution in [0.3, 0.4) is 0 Å². The predicted molar refractivity (Wildman–Crippen MR) is 164 cm³/mol. The molecule has 1 spiro atoms. The van der Waals surface area contributed by atoms with Crippen LogP contribution >= 0.6 is 34.8 Å². The second kappa shape index (κ2) is 11.5. The van der Waals surface area contributed by atoms with Gasteiger partial charge in [-0.15, -0.1) is 0 Å². The SMILES string of the molecule is C=C1N[C@H]2[C@H](CN3C(=O)CCC3=O)N=C(NC(=O)OCC(Cl)(Cl)Cl)N3C[C@H](NC(=O)c4cccc(C(C)(C)C)c4)C(O)(O)[C@]23N1. The molecule has 0 aromatic heterocycles. The van der Waals surface area contributed by atoms with Gasteiger partial charge in [-0.1, -0.05) is 74.3 Å². The maximum absolute atomic E-state index is 13.5. The third kappa shape index (κ3) is 6.13. The Morgan fingerprint density at radius 3 is 2.47 bits per heavy atom. The highest BCUT2D eigenvalue weighted by atomic mass is 35.6. The van der Waals surface area contributed by atoms with Crippen LogP contribution < -0.4 is 21.3 Å². The molecule has 4 amide bonds. The van der Waals surface area contributed by atoms with Crippen molar-refractivity contribution in [3.8, 4) is 0 Å². The summed E-state index contributed by atoms with van der Waals surface area (Å²) < 4.78 is 3.10. The van der Waals surface area contributed by atoms with E-state index in [0.717, 1.165) is 10.5 Å². The molecule has 0 radical (unpaired) electrons. The summed E-state index contributed by atoms with van der Waals surface area (Å²) in [6.07, 6.45) is -1.03. The molecular formula is C28H34Cl3N7O7.